The van der Waals surface area contributed by atoms with E-state index in [0.29, 0.717) is 6.42 Å². The molecule has 2 amide bonds. The van der Waals surface area contributed by atoms with Crippen LogP contribution < -0.4 is 10.6 Å². The Labute approximate surface area is 243 Å². The van der Waals surface area contributed by atoms with Crippen molar-refractivity contribution in [3.63, 3.8) is 0 Å². The minimum atomic E-state index is -2.59. The average molecular weight is 579 g/mol. The highest BCUT2D eigenvalue weighted by atomic mass is 28.4. The molecule has 40 heavy (non-hydrogen) atoms. The molecule has 228 valence electrons. The SMILES string of the molecule is COC(=O)[C@H](Cc1ccccc1)NC(=O)[C@H](O[Si](C(C)C)(C(C)C)C(C)C)[C@H](CC(C)C)NC(=O)OC(C)(C)C. The Kier molecular flexibility index (Phi) is 13.9. The van der Waals surface area contributed by atoms with Crippen LogP contribution in [-0.4, -0.2) is 57.2 Å². The topological polar surface area (TPSA) is 103 Å². The molecule has 0 aromatic heterocycles. The Morgan fingerprint density at radius 2 is 1.38 bits per heavy atom. The molecule has 8 nitrogen and oxygen atoms in total. The van der Waals surface area contributed by atoms with Gasteiger partial charge in [0.05, 0.1) is 13.2 Å². The van der Waals surface area contributed by atoms with Crippen molar-refractivity contribution >= 4 is 26.3 Å². The van der Waals surface area contributed by atoms with Crippen molar-refractivity contribution in [1.29, 1.82) is 0 Å². The summed E-state index contributed by atoms with van der Waals surface area (Å²) in [5.41, 5.74) is 0.777. The summed E-state index contributed by atoms with van der Waals surface area (Å²) in [4.78, 5) is 40.0. The normalized spacial score (nSPS) is 14.7. The molecule has 9 heteroatoms. The van der Waals surface area contributed by atoms with Crippen LogP contribution in [0, 0.1) is 5.92 Å². The standard InChI is InChI=1S/C31H54N2O6Si/c1-20(2)18-25(33-30(36)38-31(9,10)11)27(39-40(21(3)4,22(5)6)23(7)8)28(34)32-26(29(35)37-12)19-24-16-14-13-15-17-24/h13-17,20-23,25-27H,18-19H2,1-12H3,(H,32,34)(H,33,36)/t25-,26-,27+/m0/s1. The average Bonchev–Trinajstić information content (AvgIpc) is 2.81. The molecule has 0 heterocycles. The number of carbonyl (C=O) groups excluding carboxylic acids is 3. The highest BCUT2D eigenvalue weighted by Gasteiger charge is 2.49. The van der Waals surface area contributed by atoms with Gasteiger partial charge in [-0.1, -0.05) is 85.7 Å². The third-order valence-corrected chi connectivity index (χ3v) is 13.3. The zero-order valence-corrected chi connectivity index (χ0v) is 27.8. The molecule has 0 spiro atoms. The van der Waals surface area contributed by atoms with Gasteiger partial charge in [0.15, 0.2) is 0 Å². The maximum absolute atomic E-state index is 14.2. The highest BCUT2D eigenvalue weighted by Crippen LogP contribution is 2.43. The van der Waals surface area contributed by atoms with Crippen LogP contribution in [0.5, 0.6) is 0 Å². The van der Waals surface area contributed by atoms with E-state index in [0.717, 1.165) is 5.56 Å². The Bertz CT molecular complexity index is 921. The molecule has 0 aliphatic rings. The lowest BCUT2D eigenvalue weighted by molar-refractivity contribution is -0.146. The number of methoxy groups -OCH3 is 1. The van der Waals surface area contributed by atoms with E-state index in [1.807, 2.05) is 44.2 Å². The molecular formula is C31H54N2O6Si. The van der Waals surface area contributed by atoms with Crippen molar-refractivity contribution in [3.05, 3.63) is 35.9 Å². The first-order chi connectivity index (χ1) is 18.4. The maximum Gasteiger partial charge on any atom is 0.407 e. The highest BCUT2D eigenvalue weighted by molar-refractivity contribution is 6.77. The zero-order chi connectivity index (χ0) is 30.8. The lowest BCUT2D eigenvalue weighted by atomic mass is 9.98. The van der Waals surface area contributed by atoms with Gasteiger partial charge >= 0.3 is 12.1 Å². The van der Waals surface area contributed by atoms with Crippen molar-refractivity contribution in [2.45, 2.75) is 129 Å². The van der Waals surface area contributed by atoms with Crippen LogP contribution in [0.25, 0.3) is 0 Å². The van der Waals surface area contributed by atoms with Crippen molar-refractivity contribution in [2.24, 2.45) is 5.92 Å². The summed E-state index contributed by atoms with van der Waals surface area (Å²) in [6.45, 7) is 22.3. The van der Waals surface area contributed by atoms with Gasteiger partial charge in [-0.05, 0) is 55.3 Å². The smallest absolute Gasteiger partial charge is 0.407 e. The molecule has 0 fully saturated rings. The van der Waals surface area contributed by atoms with Gasteiger partial charge in [-0.25, -0.2) is 9.59 Å². The predicted molar refractivity (Wildman–Crippen MR) is 163 cm³/mol. The van der Waals surface area contributed by atoms with Gasteiger partial charge in [-0.3, -0.25) is 4.79 Å². The number of benzene rings is 1. The van der Waals surface area contributed by atoms with Crippen LogP contribution in [-0.2, 0) is 29.9 Å². The summed E-state index contributed by atoms with van der Waals surface area (Å²) in [5.74, 6) is -0.851. The van der Waals surface area contributed by atoms with Crippen LogP contribution in [0.2, 0.25) is 16.6 Å². The second kappa shape index (κ2) is 15.6. The van der Waals surface area contributed by atoms with Gasteiger partial charge in [0, 0.05) is 6.42 Å². The number of nitrogens with one attached hydrogen (secondary N) is 2. The van der Waals surface area contributed by atoms with E-state index >= 15 is 0 Å². The van der Waals surface area contributed by atoms with Gasteiger partial charge < -0.3 is 24.5 Å². The molecule has 2 N–H and O–H groups in total. The number of alkyl carbamates (subject to hydrolysis) is 1. The minimum absolute atomic E-state index is 0.146. The molecule has 0 bridgehead atoms. The minimum Gasteiger partial charge on any atom is -0.467 e. The summed E-state index contributed by atoms with van der Waals surface area (Å²) >= 11 is 0. The molecule has 0 unspecified atom stereocenters. The molecule has 0 radical (unpaired) electrons. The first-order valence-corrected chi connectivity index (χ1v) is 16.7. The second-order valence-electron chi connectivity index (χ2n) is 13.0. The number of rotatable bonds is 14. The van der Waals surface area contributed by atoms with Gasteiger partial charge in [0.25, 0.3) is 5.91 Å². The first kappa shape index (κ1) is 35.6. The third-order valence-electron chi connectivity index (χ3n) is 7.17. The number of esters is 1. The molecule has 0 saturated heterocycles. The quantitative estimate of drug-likeness (QED) is 0.196. The fourth-order valence-corrected chi connectivity index (χ4v) is 11.1. The van der Waals surface area contributed by atoms with Gasteiger partial charge in [0.1, 0.15) is 17.7 Å². The summed E-state index contributed by atoms with van der Waals surface area (Å²) in [6, 6.07) is 7.87. The van der Waals surface area contributed by atoms with Crippen LogP contribution in [0.15, 0.2) is 30.3 Å². The number of hydrogen-bond acceptors (Lipinski definition) is 6. The van der Waals surface area contributed by atoms with E-state index in [-0.39, 0.29) is 29.0 Å². The zero-order valence-electron chi connectivity index (χ0n) is 26.8. The number of hydrogen-bond donors (Lipinski definition) is 2. The molecule has 1 rings (SSSR count). The Balaban J connectivity index is 3.59. The second-order valence-corrected chi connectivity index (χ2v) is 18.4. The van der Waals surface area contributed by atoms with E-state index in [2.05, 4.69) is 52.2 Å². The summed E-state index contributed by atoms with van der Waals surface area (Å²) in [5, 5.41) is 5.87. The van der Waals surface area contributed by atoms with Crippen molar-refractivity contribution < 1.29 is 28.3 Å². The molecule has 3 atom stereocenters. The predicted octanol–water partition coefficient (Wildman–Crippen LogP) is 6.39. The van der Waals surface area contributed by atoms with Crippen molar-refractivity contribution in [3.8, 4) is 0 Å². The largest absolute Gasteiger partial charge is 0.467 e. The molecule has 0 aliphatic heterocycles. The third kappa shape index (κ3) is 10.5. The monoisotopic (exact) mass is 578 g/mol. The van der Waals surface area contributed by atoms with Crippen LogP contribution in [0.1, 0.15) is 88.1 Å². The molecule has 0 saturated carbocycles. The lowest BCUT2D eigenvalue weighted by Gasteiger charge is -2.46. The van der Waals surface area contributed by atoms with E-state index in [1.54, 1.807) is 20.8 Å². The number of amides is 2. The fourth-order valence-electron chi connectivity index (χ4n) is 5.61. The first-order valence-electron chi connectivity index (χ1n) is 14.5. The molecular weight excluding hydrogens is 524 g/mol. The summed E-state index contributed by atoms with van der Waals surface area (Å²) in [7, 11) is -1.29. The van der Waals surface area contributed by atoms with E-state index in [9.17, 15) is 14.4 Å². The maximum atomic E-state index is 14.2. The Morgan fingerprint density at radius 3 is 1.80 bits per heavy atom. The van der Waals surface area contributed by atoms with Gasteiger partial charge in [-0.15, -0.1) is 0 Å². The fraction of sp³-hybridized carbons (Fsp3) is 0.710. The summed E-state index contributed by atoms with van der Waals surface area (Å²) in [6.07, 6.45) is -0.894. The number of carbonyl (C=O) groups is 3. The van der Waals surface area contributed by atoms with Gasteiger partial charge in [-0.2, -0.15) is 0 Å². The van der Waals surface area contributed by atoms with Gasteiger partial charge in [0.2, 0.25) is 8.32 Å². The number of ether oxygens (including phenoxy) is 2. The molecule has 1 aromatic carbocycles. The van der Waals surface area contributed by atoms with Crippen LogP contribution in [0.3, 0.4) is 0 Å². The van der Waals surface area contributed by atoms with Crippen molar-refractivity contribution in [1.82, 2.24) is 10.6 Å². The van der Waals surface area contributed by atoms with Crippen molar-refractivity contribution in [2.75, 3.05) is 7.11 Å². The van der Waals surface area contributed by atoms with Crippen LogP contribution >= 0.6 is 0 Å². The summed E-state index contributed by atoms with van der Waals surface area (Å²) < 4.78 is 17.7. The van der Waals surface area contributed by atoms with E-state index < -0.39 is 50.1 Å². The van der Waals surface area contributed by atoms with Crippen LogP contribution in [0.4, 0.5) is 4.79 Å². The Hall–Kier alpha value is -2.39. The van der Waals surface area contributed by atoms with E-state index in [1.165, 1.54) is 7.11 Å². The molecule has 0 aliphatic carbocycles. The Morgan fingerprint density at radius 1 is 0.850 bits per heavy atom. The van der Waals surface area contributed by atoms with E-state index in [4.69, 9.17) is 13.9 Å². The molecule has 1 aromatic rings. The lowest BCUT2D eigenvalue weighted by Crippen LogP contribution is -2.61.